The van der Waals surface area contributed by atoms with Crippen LogP contribution in [0.3, 0.4) is 0 Å². The third kappa shape index (κ3) is 4.84. The van der Waals surface area contributed by atoms with Crippen LogP contribution in [0.1, 0.15) is 27.0 Å². The number of carbonyl (C=O) groups excluding carboxylic acids is 1. The van der Waals surface area contributed by atoms with Gasteiger partial charge < -0.3 is 10.1 Å². The number of ether oxygens (including phenoxy) is 1. The predicted molar refractivity (Wildman–Crippen MR) is 124 cm³/mol. The van der Waals surface area contributed by atoms with E-state index in [-0.39, 0.29) is 30.0 Å². The Morgan fingerprint density at radius 2 is 1.68 bits per heavy atom. The maximum Gasteiger partial charge on any atom is 0.573 e. The normalized spacial score (nSPS) is 16.9. The van der Waals surface area contributed by atoms with Crippen LogP contribution >= 0.6 is 0 Å². The number of fused-ring (bicyclic) bond motifs is 1. The summed E-state index contributed by atoms with van der Waals surface area (Å²) in [6.07, 6.45) is -9.51. The second kappa shape index (κ2) is 8.95. The van der Waals surface area contributed by atoms with Crippen molar-refractivity contribution in [3.8, 4) is 11.8 Å². The van der Waals surface area contributed by atoms with E-state index in [1.807, 2.05) is 11.0 Å². The van der Waals surface area contributed by atoms with Crippen LogP contribution in [-0.2, 0) is 12.7 Å². The highest BCUT2D eigenvalue weighted by molar-refractivity contribution is 6.13. The Labute approximate surface area is 212 Å². The van der Waals surface area contributed by atoms with Crippen molar-refractivity contribution >= 4 is 17.3 Å². The van der Waals surface area contributed by atoms with E-state index in [1.54, 1.807) is 18.2 Å². The molecule has 0 bridgehead atoms. The molecule has 0 aliphatic carbocycles. The van der Waals surface area contributed by atoms with Gasteiger partial charge in [-0.3, -0.25) is 14.6 Å². The summed E-state index contributed by atoms with van der Waals surface area (Å²) in [5, 5.41) is 12.2. The molecular weight excluding hydrogens is 514 g/mol. The molecule has 3 aromatic carbocycles. The molecule has 196 valence electrons. The third-order valence-electron chi connectivity index (χ3n) is 6.34. The zero-order valence-corrected chi connectivity index (χ0v) is 19.4. The van der Waals surface area contributed by atoms with Crippen molar-refractivity contribution in [3.63, 3.8) is 0 Å². The molecule has 0 radical (unpaired) electrons. The first-order valence-corrected chi connectivity index (χ1v) is 11.3. The number of hydrogen-bond acceptors (Lipinski definition) is 5. The molecule has 3 aromatic rings. The highest BCUT2D eigenvalue weighted by atomic mass is 19.4. The molecule has 6 nitrogen and oxygen atoms in total. The Balaban J connectivity index is 1.48. The number of nitrogens with zero attached hydrogens (tertiary/aromatic N) is 3. The predicted octanol–water partition coefficient (Wildman–Crippen LogP) is 5.76. The number of halogens is 6. The van der Waals surface area contributed by atoms with Crippen molar-refractivity contribution in [2.75, 3.05) is 23.3 Å². The summed E-state index contributed by atoms with van der Waals surface area (Å²) in [6, 6.07) is 16.5. The van der Waals surface area contributed by atoms with Crippen LogP contribution in [-0.4, -0.2) is 35.9 Å². The number of carbonyl (C=O) groups is 1. The number of alkyl halides is 6. The number of anilines is 2. The Morgan fingerprint density at radius 3 is 2.32 bits per heavy atom. The van der Waals surface area contributed by atoms with E-state index >= 15 is 0 Å². The smallest absolute Gasteiger partial charge is 0.406 e. The quantitative estimate of drug-likeness (QED) is 0.433. The van der Waals surface area contributed by atoms with Gasteiger partial charge in [0.2, 0.25) is 0 Å². The largest absolute Gasteiger partial charge is 0.573 e. The molecule has 0 unspecified atom stereocenters. The Bertz CT molecular complexity index is 1420. The molecule has 5 rings (SSSR count). The van der Waals surface area contributed by atoms with Gasteiger partial charge in [0.05, 0.1) is 22.8 Å². The number of likely N-dealkylation sites (tertiary alicyclic amines) is 1. The number of nitriles is 1. The summed E-state index contributed by atoms with van der Waals surface area (Å²) in [5.41, 5.74) is -0.509. The fourth-order valence-electron chi connectivity index (χ4n) is 4.82. The highest BCUT2D eigenvalue weighted by Gasteiger charge is 2.53. The fraction of sp³-hybridized carbons (Fsp3) is 0.231. The van der Waals surface area contributed by atoms with E-state index < -0.39 is 35.4 Å². The van der Waals surface area contributed by atoms with Gasteiger partial charge in [-0.25, -0.2) is 0 Å². The molecule has 2 aliphatic rings. The monoisotopic (exact) mass is 532 g/mol. The topological polar surface area (TPSA) is 68.6 Å². The summed E-state index contributed by atoms with van der Waals surface area (Å²) in [4.78, 5) is 16.9. The number of hydrogen-bond donors (Lipinski definition) is 1. The average molecular weight is 532 g/mol. The second-order valence-electron chi connectivity index (χ2n) is 9.05. The first-order chi connectivity index (χ1) is 17.9. The maximum absolute atomic E-state index is 13.6. The molecule has 0 aromatic heterocycles. The van der Waals surface area contributed by atoms with Crippen molar-refractivity contribution in [2.24, 2.45) is 0 Å². The summed E-state index contributed by atoms with van der Waals surface area (Å²) < 4.78 is 81.8. The minimum absolute atomic E-state index is 0.000542. The van der Waals surface area contributed by atoms with Gasteiger partial charge in [-0.1, -0.05) is 12.1 Å². The number of amides is 1. The summed E-state index contributed by atoms with van der Waals surface area (Å²) in [6.45, 7) is 0.812. The molecular formula is C26H18F6N4O2. The maximum atomic E-state index is 13.6. The first kappa shape index (κ1) is 25.4. The molecule has 12 heteroatoms. The molecule has 2 aliphatic heterocycles. The van der Waals surface area contributed by atoms with Crippen LogP contribution in [0.2, 0.25) is 0 Å². The molecule has 1 fully saturated rings. The van der Waals surface area contributed by atoms with E-state index in [9.17, 15) is 31.1 Å². The van der Waals surface area contributed by atoms with E-state index in [4.69, 9.17) is 5.26 Å². The summed E-state index contributed by atoms with van der Waals surface area (Å²) >= 11 is 0. The van der Waals surface area contributed by atoms with Gasteiger partial charge in [0.25, 0.3) is 5.91 Å². The average Bonchev–Trinajstić information content (AvgIpc) is 2.82. The zero-order chi connectivity index (χ0) is 27.3. The lowest BCUT2D eigenvalue weighted by Gasteiger charge is -2.58. The van der Waals surface area contributed by atoms with Gasteiger partial charge in [0, 0.05) is 31.0 Å². The first-order valence-electron chi connectivity index (χ1n) is 11.3. The van der Waals surface area contributed by atoms with Gasteiger partial charge in [-0.05, 0) is 60.2 Å². The molecule has 1 amide bonds. The standard InChI is InChI=1S/C26H18F6N4O2/c27-25(28,29)18-4-9-21-22(11-18)34-24(14-35(15-24)13-17-3-1-2-16(10-17)12-33)36(23(21)37)19-5-7-20(8-6-19)38-26(30,31)32/h1-11,34H,13-15H2. The molecule has 1 spiro atoms. The van der Waals surface area contributed by atoms with Crippen molar-refractivity contribution in [1.82, 2.24) is 4.90 Å². The SMILES string of the molecule is N#Cc1cccc(CN2CC3(C2)Nc2cc(C(F)(F)F)ccc2C(=O)N3c2ccc(OC(F)(F)F)cc2)c1. The van der Waals surface area contributed by atoms with Gasteiger partial charge in [0.1, 0.15) is 11.4 Å². The van der Waals surface area contributed by atoms with E-state index in [2.05, 4.69) is 16.1 Å². The Morgan fingerprint density at radius 1 is 0.974 bits per heavy atom. The van der Waals surface area contributed by atoms with Crippen LogP contribution in [0.4, 0.5) is 37.7 Å². The van der Waals surface area contributed by atoms with Crippen LogP contribution in [0.15, 0.2) is 66.7 Å². The van der Waals surface area contributed by atoms with Crippen LogP contribution in [0.5, 0.6) is 5.75 Å². The second-order valence-corrected chi connectivity index (χ2v) is 9.05. The molecule has 38 heavy (non-hydrogen) atoms. The van der Waals surface area contributed by atoms with E-state index in [0.29, 0.717) is 12.1 Å². The van der Waals surface area contributed by atoms with Gasteiger partial charge in [-0.15, -0.1) is 13.2 Å². The molecule has 1 saturated heterocycles. The lowest BCUT2D eigenvalue weighted by atomic mass is 9.90. The van der Waals surface area contributed by atoms with E-state index in [1.165, 1.54) is 17.0 Å². The van der Waals surface area contributed by atoms with E-state index in [0.717, 1.165) is 35.9 Å². The van der Waals surface area contributed by atoms with Crippen LogP contribution in [0.25, 0.3) is 0 Å². The molecule has 0 atom stereocenters. The number of benzene rings is 3. The molecule has 0 saturated carbocycles. The van der Waals surface area contributed by atoms with Gasteiger partial charge >= 0.3 is 12.5 Å². The molecule has 1 N–H and O–H groups in total. The third-order valence-corrected chi connectivity index (χ3v) is 6.34. The van der Waals surface area contributed by atoms with Crippen molar-refractivity contribution < 1.29 is 35.9 Å². The van der Waals surface area contributed by atoms with Crippen LogP contribution in [0, 0.1) is 11.3 Å². The van der Waals surface area contributed by atoms with Crippen molar-refractivity contribution in [3.05, 3.63) is 89.0 Å². The lowest BCUT2D eigenvalue weighted by molar-refractivity contribution is -0.274. The van der Waals surface area contributed by atoms with Crippen molar-refractivity contribution in [2.45, 2.75) is 24.7 Å². The van der Waals surface area contributed by atoms with Gasteiger partial charge in [0.15, 0.2) is 0 Å². The minimum Gasteiger partial charge on any atom is -0.406 e. The van der Waals surface area contributed by atoms with Crippen LogP contribution < -0.4 is 15.0 Å². The zero-order valence-electron chi connectivity index (χ0n) is 19.4. The van der Waals surface area contributed by atoms with Gasteiger partial charge in [-0.2, -0.15) is 18.4 Å². The Hall–Kier alpha value is -4.24. The summed E-state index contributed by atoms with van der Waals surface area (Å²) in [5.74, 6) is -1.07. The highest BCUT2D eigenvalue weighted by Crippen LogP contribution is 2.43. The Kier molecular flexibility index (Phi) is 5.99. The van der Waals surface area contributed by atoms with Crippen molar-refractivity contribution in [1.29, 1.82) is 5.26 Å². The number of rotatable bonds is 4. The number of nitrogens with one attached hydrogen (secondary N) is 1. The fourth-order valence-corrected chi connectivity index (χ4v) is 4.82. The summed E-state index contributed by atoms with van der Waals surface area (Å²) in [7, 11) is 0. The molecule has 2 heterocycles. The lowest BCUT2D eigenvalue weighted by Crippen LogP contribution is -2.76. The minimum atomic E-state index is -4.89.